The number of hydrogen-bond donors (Lipinski definition) is 0. The van der Waals surface area contributed by atoms with Gasteiger partial charge in [0.1, 0.15) is 0 Å². The summed E-state index contributed by atoms with van der Waals surface area (Å²) < 4.78 is 38.5. The highest BCUT2D eigenvalue weighted by atomic mass is 19.4. The number of hydrogen-bond acceptors (Lipinski definition) is 1. The Morgan fingerprint density at radius 2 is 1.16 bits per heavy atom. The minimum absolute atomic E-state index is 0.189. The van der Waals surface area contributed by atoms with Gasteiger partial charge in [-0.15, -0.1) is 0 Å². The molecule has 0 N–H and O–H groups in total. The van der Waals surface area contributed by atoms with Crippen molar-refractivity contribution in [1.82, 2.24) is 4.90 Å². The maximum absolute atomic E-state index is 12.8. The van der Waals surface area contributed by atoms with Crippen LogP contribution in [0.3, 0.4) is 0 Å². The van der Waals surface area contributed by atoms with Crippen LogP contribution in [0.1, 0.15) is 64.2 Å². The van der Waals surface area contributed by atoms with Gasteiger partial charge in [-0.2, -0.15) is 13.2 Å². The molecule has 2 nitrogen and oxygen atoms in total. The van der Waals surface area contributed by atoms with Gasteiger partial charge in [-0.05, 0) is 25.7 Å². The average molecular weight is 277 g/mol. The number of carbonyl (C=O) groups excluding carboxylic acids is 1. The normalized spacial score (nSPS) is 23.3. The average Bonchev–Trinajstić information content (AvgIpc) is 2.40. The van der Waals surface area contributed by atoms with E-state index >= 15 is 0 Å². The fourth-order valence-electron chi connectivity index (χ4n) is 3.49. The van der Waals surface area contributed by atoms with Gasteiger partial charge in [-0.1, -0.05) is 38.5 Å². The molecule has 2 aliphatic carbocycles. The summed E-state index contributed by atoms with van der Waals surface area (Å²) in [7, 11) is 0. The van der Waals surface area contributed by atoms with Crippen molar-refractivity contribution in [2.75, 3.05) is 0 Å². The van der Waals surface area contributed by atoms with E-state index in [1.807, 2.05) is 0 Å². The highest BCUT2D eigenvalue weighted by molar-refractivity contribution is 5.82. The summed E-state index contributed by atoms with van der Waals surface area (Å²) in [4.78, 5) is 13.0. The summed E-state index contributed by atoms with van der Waals surface area (Å²) >= 11 is 0. The number of halogens is 3. The predicted octanol–water partition coefficient (Wildman–Crippen LogP) is 4.04. The number of rotatable bonds is 2. The van der Waals surface area contributed by atoms with Crippen LogP contribution in [-0.2, 0) is 4.79 Å². The van der Waals surface area contributed by atoms with Gasteiger partial charge < -0.3 is 4.90 Å². The van der Waals surface area contributed by atoms with Gasteiger partial charge in [0.25, 0.3) is 0 Å². The molecule has 0 radical (unpaired) electrons. The summed E-state index contributed by atoms with van der Waals surface area (Å²) in [6.45, 7) is 0. The number of nitrogens with zero attached hydrogens (tertiary/aromatic N) is 1. The quantitative estimate of drug-likeness (QED) is 0.746. The van der Waals surface area contributed by atoms with E-state index in [0.717, 1.165) is 64.2 Å². The third-order valence-corrected chi connectivity index (χ3v) is 4.41. The molecular formula is C14H22F3NO. The zero-order valence-electron chi connectivity index (χ0n) is 11.2. The van der Waals surface area contributed by atoms with Crippen LogP contribution in [0.4, 0.5) is 13.2 Å². The lowest BCUT2D eigenvalue weighted by Crippen LogP contribution is -2.53. The SMILES string of the molecule is O=C(N(C1CCCCC1)C1CCCCC1)C(F)(F)F. The Hall–Kier alpha value is -0.740. The van der Waals surface area contributed by atoms with E-state index in [-0.39, 0.29) is 12.1 Å². The molecule has 0 aliphatic heterocycles. The molecule has 2 fully saturated rings. The molecule has 0 atom stereocenters. The number of alkyl halides is 3. The van der Waals surface area contributed by atoms with Crippen molar-refractivity contribution in [3.63, 3.8) is 0 Å². The van der Waals surface area contributed by atoms with Crippen LogP contribution in [-0.4, -0.2) is 29.1 Å². The van der Waals surface area contributed by atoms with Crippen LogP contribution in [0.25, 0.3) is 0 Å². The Labute approximate surface area is 112 Å². The van der Waals surface area contributed by atoms with Crippen molar-refractivity contribution < 1.29 is 18.0 Å². The third kappa shape index (κ3) is 3.63. The first kappa shape index (κ1) is 14.7. The first-order valence-electron chi connectivity index (χ1n) is 7.39. The number of amides is 1. The lowest BCUT2D eigenvalue weighted by molar-refractivity contribution is -0.192. The topological polar surface area (TPSA) is 20.3 Å². The van der Waals surface area contributed by atoms with Crippen LogP contribution < -0.4 is 0 Å². The largest absolute Gasteiger partial charge is 0.471 e. The molecule has 2 aliphatic rings. The van der Waals surface area contributed by atoms with E-state index in [2.05, 4.69) is 0 Å². The first-order valence-corrected chi connectivity index (χ1v) is 7.39. The molecule has 110 valence electrons. The molecular weight excluding hydrogens is 255 g/mol. The van der Waals surface area contributed by atoms with Crippen LogP contribution in [0.15, 0.2) is 0 Å². The monoisotopic (exact) mass is 277 g/mol. The molecule has 1 amide bonds. The van der Waals surface area contributed by atoms with Crippen molar-refractivity contribution in [1.29, 1.82) is 0 Å². The fraction of sp³-hybridized carbons (Fsp3) is 0.929. The van der Waals surface area contributed by atoms with E-state index in [1.54, 1.807) is 0 Å². The van der Waals surface area contributed by atoms with Gasteiger partial charge in [0.2, 0.25) is 0 Å². The van der Waals surface area contributed by atoms with Crippen molar-refractivity contribution in [3.8, 4) is 0 Å². The zero-order valence-corrected chi connectivity index (χ0v) is 11.2. The van der Waals surface area contributed by atoms with Gasteiger partial charge in [0.05, 0.1) is 0 Å². The van der Waals surface area contributed by atoms with E-state index in [1.165, 1.54) is 4.90 Å². The second-order valence-electron chi connectivity index (χ2n) is 5.79. The molecule has 0 unspecified atom stereocenters. The summed E-state index contributed by atoms with van der Waals surface area (Å²) in [6.07, 6.45) is 4.14. The molecule has 2 saturated carbocycles. The highest BCUT2D eigenvalue weighted by Crippen LogP contribution is 2.33. The predicted molar refractivity (Wildman–Crippen MR) is 66.6 cm³/mol. The summed E-state index contributed by atoms with van der Waals surface area (Å²) in [5.41, 5.74) is 0. The maximum Gasteiger partial charge on any atom is 0.471 e. The first-order chi connectivity index (χ1) is 9.00. The van der Waals surface area contributed by atoms with Gasteiger partial charge in [-0.25, -0.2) is 0 Å². The minimum Gasteiger partial charge on any atom is -0.329 e. The number of carbonyl (C=O) groups is 1. The molecule has 0 aromatic rings. The van der Waals surface area contributed by atoms with Gasteiger partial charge in [0.15, 0.2) is 0 Å². The highest BCUT2D eigenvalue weighted by Gasteiger charge is 2.47. The smallest absolute Gasteiger partial charge is 0.329 e. The van der Waals surface area contributed by atoms with E-state index in [0.29, 0.717) is 0 Å². The standard InChI is InChI=1S/C14H22F3NO/c15-14(16,17)13(19)18(11-7-3-1-4-8-11)12-9-5-2-6-10-12/h11-12H,1-10H2. The molecule has 0 saturated heterocycles. The van der Waals surface area contributed by atoms with Crippen molar-refractivity contribution in [2.45, 2.75) is 82.5 Å². The molecule has 0 bridgehead atoms. The third-order valence-electron chi connectivity index (χ3n) is 4.41. The van der Waals surface area contributed by atoms with Gasteiger partial charge in [-0.3, -0.25) is 4.79 Å². The lowest BCUT2D eigenvalue weighted by Gasteiger charge is -2.41. The molecule has 0 aromatic heterocycles. The van der Waals surface area contributed by atoms with Crippen molar-refractivity contribution in [3.05, 3.63) is 0 Å². The molecule has 2 rings (SSSR count). The Kier molecular flexibility index (Phi) is 4.74. The van der Waals surface area contributed by atoms with Gasteiger partial charge in [0, 0.05) is 12.1 Å². The second-order valence-corrected chi connectivity index (χ2v) is 5.79. The van der Waals surface area contributed by atoms with E-state index in [9.17, 15) is 18.0 Å². The fourth-order valence-corrected chi connectivity index (χ4v) is 3.49. The second kappa shape index (κ2) is 6.14. The Morgan fingerprint density at radius 3 is 1.47 bits per heavy atom. The molecule has 0 heterocycles. The lowest BCUT2D eigenvalue weighted by atomic mass is 9.88. The van der Waals surface area contributed by atoms with E-state index < -0.39 is 12.1 Å². The Morgan fingerprint density at radius 1 is 0.789 bits per heavy atom. The Balaban J connectivity index is 2.13. The van der Waals surface area contributed by atoms with E-state index in [4.69, 9.17) is 0 Å². The molecule has 0 spiro atoms. The maximum atomic E-state index is 12.8. The van der Waals surface area contributed by atoms with Crippen LogP contribution in [0.2, 0.25) is 0 Å². The van der Waals surface area contributed by atoms with Crippen molar-refractivity contribution in [2.24, 2.45) is 0 Å². The van der Waals surface area contributed by atoms with Crippen molar-refractivity contribution >= 4 is 5.91 Å². The molecule has 0 aromatic carbocycles. The zero-order chi connectivity index (χ0) is 13.9. The van der Waals surface area contributed by atoms with Crippen LogP contribution >= 0.6 is 0 Å². The van der Waals surface area contributed by atoms with Gasteiger partial charge >= 0.3 is 12.1 Å². The summed E-state index contributed by atoms with van der Waals surface area (Å²) in [6, 6.07) is -0.378. The minimum atomic E-state index is -4.73. The molecule has 19 heavy (non-hydrogen) atoms. The molecule has 5 heteroatoms. The summed E-state index contributed by atoms with van der Waals surface area (Å²) in [5.74, 6) is -1.61. The summed E-state index contributed by atoms with van der Waals surface area (Å²) in [5, 5.41) is 0. The Bertz CT molecular complexity index is 286. The van der Waals surface area contributed by atoms with Crippen LogP contribution in [0.5, 0.6) is 0 Å². The van der Waals surface area contributed by atoms with Crippen LogP contribution in [0, 0.1) is 0 Å².